The van der Waals surface area contributed by atoms with Crippen LogP contribution in [0.3, 0.4) is 0 Å². The summed E-state index contributed by atoms with van der Waals surface area (Å²) < 4.78 is 0. The Labute approximate surface area is 69.0 Å². The highest BCUT2D eigenvalue weighted by molar-refractivity contribution is 5.25. The number of hydrogen-bond donors (Lipinski definition) is 1. The Bertz CT molecular complexity index is 175. The molecule has 0 bridgehead atoms. The molecule has 1 aliphatic rings. The molecule has 0 aromatic heterocycles. The van der Waals surface area contributed by atoms with E-state index in [9.17, 15) is 0 Å². The molecule has 1 rings (SSSR count). The summed E-state index contributed by atoms with van der Waals surface area (Å²) in [5.74, 6) is 0.761. The quantitative estimate of drug-likeness (QED) is 0.615. The van der Waals surface area contributed by atoms with Crippen LogP contribution in [0.2, 0.25) is 0 Å². The van der Waals surface area contributed by atoms with E-state index in [1.165, 1.54) is 18.4 Å². The van der Waals surface area contributed by atoms with E-state index in [1.807, 2.05) is 6.92 Å². The third kappa shape index (κ3) is 2.19. The van der Waals surface area contributed by atoms with Gasteiger partial charge >= 0.3 is 0 Å². The van der Waals surface area contributed by atoms with Crippen molar-refractivity contribution in [2.45, 2.75) is 32.7 Å². The standard InChI is InChI=1S/C10H17N/c1-3-5-8(4-2)10(11)9-6-7-9/h3-5,9-10H,6-7,11H2,1-2H3/b5-3-,8-4+/t10-/m0/s1. The van der Waals surface area contributed by atoms with Gasteiger partial charge in [0.25, 0.3) is 0 Å². The molecule has 1 atom stereocenters. The van der Waals surface area contributed by atoms with Crippen LogP contribution >= 0.6 is 0 Å². The molecule has 1 fully saturated rings. The Balaban J connectivity index is 2.53. The summed E-state index contributed by atoms with van der Waals surface area (Å²) in [6.07, 6.45) is 8.91. The maximum Gasteiger partial charge on any atom is 0.0320 e. The van der Waals surface area contributed by atoms with E-state index in [0.29, 0.717) is 0 Å². The minimum Gasteiger partial charge on any atom is -0.324 e. The van der Waals surface area contributed by atoms with Crippen molar-refractivity contribution in [2.75, 3.05) is 0 Å². The Morgan fingerprint density at radius 1 is 1.45 bits per heavy atom. The van der Waals surface area contributed by atoms with Gasteiger partial charge < -0.3 is 5.73 Å². The molecule has 1 saturated carbocycles. The fourth-order valence-corrected chi connectivity index (χ4v) is 1.32. The van der Waals surface area contributed by atoms with Gasteiger partial charge in [-0.25, -0.2) is 0 Å². The first-order valence-electron chi connectivity index (χ1n) is 4.34. The SMILES string of the molecule is C/C=C\C(=C/C)[C@H](N)C1CC1. The van der Waals surface area contributed by atoms with Gasteiger partial charge in [0.2, 0.25) is 0 Å². The van der Waals surface area contributed by atoms with Crippen LogP contribution in [-0.4, -0.2) is 6.04 Å². The lowest BCUT2D eigenvalue weighted by atomic mass is 10.0. The fraction of sp³-hybridized carbons (Fsp3) is 0.600. The van der Waals surface area contributed by atoms with Crippen molar-refractivity contribution in [3.63, 3.8) is 0 Å². The molecule has 0 aromatic carbocycles. The first kappa shape index (κ1) is 8.54. The molecule has 0 spiro atoms. The molecule has 2 N–H and O–H groups in total. The summed E-state index contributed by atoms with van der Waals surface area (Å²) in [4.78, 5) is 0. The first-order valence-corrected chi connectivity index (χ1v) is 4.34. The number of hydrogen-bond acceptors (Lipinski definition) is 1. The summed E-state index contributed by atoms with van der Waals surface area (Å²) in [6.45, 7) is 4.08. The molecule has 62 valence electrons. The third-order valence-electron chi connectivity index (χ3n) is 2.21. The van der Waals surface area contributed by atoms with E-state index in [1.54, 1.807) is 0 Å². The summed E-state index contributed by atoms with van der Waals surface area (Å²) in [5, 5.41) is 0. The van der Waals surface area contributed by atoms with Gasteiger partial charge in [-0.15, -0.1) is 0 Å². The average molecular weight is 151 g/mol. The van der Waals surface area contributed by atoms with Gasteiger partial charge in [-0.05, 0) is 38.2 Å². The van der Waals surface area contributed by atoms with Gasteiger partial charge in [-0.2, -0.15) is 0 Å². The Morgan fingerprint density at radius 3 is 2.45 bits per heavy atom. The Kier molecular flexibility index (Phi) is 2.89. The fourth-order valence-electron chi connectivity index (χ4n) is 1.32. The minimum absolute atomic E-state index is 0.288. The van der Waals surface area contributed by atoms with Crippen LogP contribution in [0.5, 0.6) is 0 Å². The van der Waals surface area contributed by atoms with E-state index < -0.39 is 0 Å². The van der Waals surface area contributed by atoms with Gasteiger partial charge in [-0.1, -0.05) is 18.2 Å². The molecule has 0 saturated heterocycles. The smallest absolute Gasteiger partial charge is 0.0320 e. The summed E-state index contributed by atoms with van der Waals surface area (Å²) in [5.41, 5.74) is 7.29. The van der Waals surface area contributed by atoms with Crippen LogP contribution in [0.4, 0.5) is 0 Å². The number of allylic oxidation sites excluding steroid dienone is 2. The van der Waals surface area contributed by atoms with Crippen LogP contribution in [0.1, 0.15) is 26.7 Å². The van der Waals surface area contributed by atoms with Crippen molar-refractivity contribution in [1.29, 1.82) is 0 Å². The molecule has 0 amide bonds. The second-order valence-corrected chi connectivity index (χ2v) is 3.15. The average Bonchev–Trinajstić information content (AvgIpc) is 2.81. The molecule has 0 aromatic rings. The van der Waals surface area contributed by atoms with Crippen LogP contribution in [0, 0.1) is 5.92 Å². The van der Waals surface area contributed by atoms with Gasteiger partial charge in [0.15, 0.2) is 0 Å². The lowest BCUT2D eigenvalue weighted by molar-refractivity contribution is 0.686. The highest BCUT2D eigenvalue weighted by Crippen LogP contribution is 2.34. The first-order chi connectivity index (χ1) is 5.29. The molecule has 1 heteroatoms. The van der Waals surface area contributed by atoms with E-state index in [4.69, 9.17) is 5.73 Å². The summed E-state index contributed by atoms with van der Waals surface area (Å²) >= 11 is 0. The normalized spacial score (nSPS) is 22.6. The topological polar surface area (TPSA) is 26.0 Å². The summed E-state index contributed by atoms with van der Waals surface area (Å²) in [6, 6.07) is 0.288. The van der Waals surface area contributed by atoms with Crippen molar-refractivity contribution < 1.29 is 0 Å². The molecule has 0 aliphatic heterocycles. The van der Waals surface area contributed by atoms with E-state index in [-0.39, 0.29) is 6.04 Å². The predicted octanol–water partition coefficient (Wildman–Crippen LogP) is 2.25. The monoisotopic (exact) mass is 151 g/mol. The molecule has 1 aliphatic carbocycles. The van der Waals surface area contributed by atoms with Crippen LogP contribution in [0.15, 0.2) is 23.8 Å². The van der Waals surface area contributed by atoms with Crippen LogP contribution in [0.25, 0.3) is 0 Å². The van der Waals surface area contributed by atoms with Crippen molar-refractivity contribution in [2.24, 2.45) is 11.7 Å². The maximum atomic E-state index is 6.00. The zero-order chi connectivity index (χ0) is 8.27. The molecule has 0 unspecified atom stereocenters. The molecule has 11 heavy (non-hydrogen) atoms. The molecular formula is C10H17N. The largest absolute Gasteiger partial charge is 0.324 e. The Morgan fingerprint density at radius 2 is 2.09 bits per heavy atom. The second kappa shape index (κ2) is 3.72. The van der Waals surface area contributed by atoms with Gasteiger partial charge in [0.1, 0.15) is 0 Å². The van der Waals surface area contributed by atoms with Gasteiger partial charge in [-0.3, -0.25) is 0 Å². The van der Waals surface area contributed by atoms with Crippen molar-refractivity contribution >= 4 is 0 Å². The number of rotatable bonds is 3. The third-order valence-corrected chi connectivity index (χ3v) is 2.21. The van der Waals surface area contributed by atoms with Crippen LogP contribution in [-0.2, 0) is 0 Å². The molecular weight excluding hydrogens is 134 g/mol. The van der Waals surface area contributed by atoms with Crippen LogP contribution < -0.4 is 5.73 Å². The van der Waals surface area contributed by atoms with E-state index in [0.717, 1.165) is 5.92 Å². The molecule has 0 radical (unpaired) electrons. The highest BCUT2D eigenvalue weighted by Gasteiger charge is 2.29. The van der Waals surface area contributed by atoms with E-state index in [2.05, 4.69) is 25.2 Å². The number of nitrogens with two attached hydrogens (primary N) is 1. The molecule has 1 nitrogen and oxygen atoms in total. The van der Waals surface area contributed by atoms with Gasteiger partial charge in [0, 0.05) is 6.04 Å². The maximum absolute atomic E-state index is 6.00. The lowest BCUT2D eigenvalue weighted by Gasteiger charge is -2.10. The van der Waals surface area contributed by atoms with E-state index >= 15 is 0 Å². The predicted molar refractivity (Wildman–Crippen MR) is 49.3 cm³/mol. The van der Waals surface area contributed by atoms with Crippen molar-refractivity contribution in [1.82, 2.24) is 0 Å². The second-order valence-electron chi connectivity index (χ2n) is 3.15. The van der Waals surface area contributed by atoms with Crippen molar-refractivity contribution in [3.05, 3.63) is 23.8 Å². The van der Waals surface area contributed by atoms with Crippen molar-refractivity contribution in [3.8, 4) is 0 Å². The Hall–Kier alpha value is -0.560. The zero-order valence-electron chi connectivity index (χ0n) is 7.38. The highest BCUT2D eigenvalue weighted by atomic mass is 14.7. The molecule has 0 heterocycles. The van der Waals surface area contributed by atoms with Gasteiger partial charge in [0.05, 0.1) is 0 Å². The lowest BCUT2D eigenvalue weighted by Crippen LogP contribution is -2.23. The summed E-state index contributed by atoms with van der Waals surface area (Å²) in [7, 11) is 0. The zero-order valence-corrected chi connectivity index (χ0v) is 7.38. The minimum atomic E-state index is 0.288.